The third kappa shape index (κ3) is 3.15. The highest BCUT2D eigenvalue weighted by atomic mass is 32.2. The predicted octanol–water partition coefficient (Wildman–Crippen LogP) is 3.39. The molecule has 0 radical (unpaired) electrons. The first-order chi connectivity index (χ1) is 12.5. The van der Waals surface area contributed by atoms with Gasteiger partial charge in [0, 0.05) is 0 Å². The molecule has 1 N–H and O–H groups in total. The molecule has 1 aromatic carbocycles. The van der Waals surface area contributed by atoms with Crippen molar-refractivity contribution in [3.05, 3.63) is 40.4 Å². The van der Waals surface area contributed by atoms with E-state index in [1.54, 1.807) is 0 Å². The number of amides is 1. The highest BCUT2D eigenvalue weighted by Gasteiger charge is 2.14. The number of aryl methyl sites for hydroxylation is 3. The van der Waals surface area contributed by atoms with Gasteiger partial charge in [0.15, 0.2) is 10.8 Å². The van der Waals surface area contributed by atoms with Gasteiger partial charge in [-0.2, -0.15) is 0 Å². The molecule has 0 aliphatic carbocycles. The van der Waals surface area contributed by atoms with Crippen LogP contribution in [0.15, 0.2) is 29.4 Å². The quantitative estimate of drug-likeness (QED) is 0.543. The van der Waals surface area contributed by atoms with E-state index in [-0.39, 0.29) is 11.7 Å². The summed E-state index contributed by atoms with van der Waals surface area (Å²) in [5, 5.41) is 22.3. The van der Waals surface area contributed by atoms with Crippen LogP contribution in [-0.4, -0.2) is 36.5 Å². The number of benzene rings is 1. The van der Waals surface area contributed by atoms with Crippen LogP contribution in [0.1, 0.15) is 16.1 Å². The van der Waals surface area contributed by atoms with Gasteiger partial charge in [0.25, 0.3) is 0 Å². The Morgan fingerprint density at radius 3 is 2.77 bits per heavy atom. The molecule has 0 bridgehead atoms. The van der Waals surface area contributed by atoms with Crippen LogP contribution >= 0.6 is 23.1 Å². The van der Waals surface area contributed by atoms with E-state index in [2.05, 4.69) is 56.9 Å². The lowest BCUT2D eigenvalue weighted by Gasteiger charge is -2.07. The summed E-state index contributed by atoms with van der Waals surface area (Å²) in [7, 11) is 0. The first-order valence-corrected chi connectivity index (χ1v) is 9.79. The second kappa shape index (κ2) is 6.65. The van der Waals surface area contributed by atoms with Gasteiger partial charge in [-0.15, -0.1) is 20.4 Å². The van der Waals surface area contributed by atoms with E-state index < -0.39 is 0 Å². The number of thioether (sulfide) groups is 1. The SMILES string of the molecule is Cc1ccc2c(c1)cc(C)c1nnc(SCC(=O)Nc3nnc(C)s3)n12. The van der Waals surface area contributed by atoms with Crippen molar-refractivity contribution in [3.8, 4) is 0 Å². The lowest BCUT2D eigenvalue weighted by atomic mass is 10.1. The fraction of sp³-hybridized carbons (Fsp3) is 0.235. The van der Waals surface area contributed by atoms with Crippen molar-refractivity contribution >= 4 is 50.7 Å². The molecule has 132 valence electrons. The summed E-state index contributed by atoms with van der Waals surface area (Å²) in [6.45, 7) is 5.94. The Hall–Kier alpha value is -2.52. The molecule has 3 aromatic heterocycles. The van der Waals surface area contributed by atoms with Crippen molar-refractivity contribution in [2.45, 2.75) is 25.9 Å². The van der Waals surface area contributed by atoms with Crippen LogP contribution in [0, 0.1) is 20.8 Å². The van der Waals surface area contributed by atoms with Crippen LogP contribution in [0.2, 0.25) is 0 Å². The molecule has 9 heteroatoms. The number of pyridine rings is 1. The summed E-state index contributed by atoms with van der Waals surface area (Å²) in [6, 6.07) is 8.39. The third-order valence-corrected chi connectivity index (χ3v) is 5.57. The number of aromatic nitrogens is 5. The second-order valence-corrected chi connectivity index (χ2v) is 8.12. The Balaban J connectivity index is 1.62. The molecule has 0 aliphatic rings. The van der Waals surface area contributed by atoms with Gasteiger partial charge in [-0.1, -0.05) is 34.7 Å². The molecule has 0 atom stereocenters. The fourth-order valence-corrected chi connectivity index (χ4v) is 4.11. The van der Waals surface area contributed by atoms with E-state index >= 15 is 0 Å². The summed E-state index contributed by atoms with van der Waals surface area (Å²) in [6.07, 6.45) is 0. The molecular weight excluding hydrogens is 368 g/mol. The van der Waals surface area contributed by atoms with Crippen molar-refractivity contribution in [1.29, 1.82) is 0 Å². The zero-order valence-electron chi connectivity index (χ0n) is 14.5. The van der Waals surface area contributed by atoms with Crippen LogP contribution in [0.25, 0.3) is 16.6 Å². The van der Waals surface area contributed by atoms with Gasteiger partial charge < -0.3 is 0 Å². The molecule has 3 heterocycles. The summed E-state index contributed by atoms with van der Waals surface area (Å²) in [5.74, 6) is 0.0801. The number of rotatable bonds is 4. The van der Waals surface area contributed by atoms with Crippen molar-refractivity contribution in [3.63, 3.8) is 0 Å². The third-order valence-electron chi connectivity index (χ3n) is 3.89. The van der Waals surface area contributed by atoms with Gasteiger partial charge in [0.2, 0.25) is 11.0 Å². The van der Waals surface area contributed by atoms with Crippen LogP contribution in [-0.2, 0) is 4.79 Å². The molecule has 0 aliphatic heterocycles. The van der Waals surface area contributed by atoms with Crippen molar-refractivity contribution in [1.82, 2.24) is 24.8 Å². The molecule has 7 nitrogen and oxygen atoms in total. The van der Waals surface area contributed by atoms with Crippen LogP contribution in [0.4, 0.5) is 5.13 Å². The maximum Gasteiger partial charge on any atom is 0.236 e. The zero-order valence-corrected chi connectivity index (χ0v) is 16.1. The molecule has 4 aromatic rings. The Morgan fingerprint density at radius 1 is 1.15 bits per heavy atom. The van der Waals surface area contributed by atoms with Gasteiger partial charge >= 0.3 is 0 Å². The summed E-state index contributed by atoms with van der Waals surface area (Å²) in [4.78, 5) is 12.2. The molecule has 0 unspecified atom stereocenters. The number of hydrogen-bond acceptors (Lipinski definition) is 7. The van der Waals surface area contributed by atoms with Gasteiger partial charge in [-0.3, -0.25) is 14.5 Å². The number of carbonyl (C=O) groups excluding carboxylic acids is 1. The van der Waals surface area contributed by atoms with E-state index in [1.165, 1.54) is 28.7 Å². The molecule has 4 rings (SSSR count). The minimum atomic E-state index is -0.143. The minimum absolute atomic E-state index is 0.143. The molecule has 0 spiro atoms. The van der Waals surface area contributed by atoms with E-state index in [9.17, 15) is 4.79 Å². The maximum atomic E-state index is 12.2. The number of carbonyl (C=O) groups is 1. The number of fused-ring (bicyclic) bond motifs is 3. The topological polar surface area (TPSA) is 85.1 Å². The molecule has 26 heavy (non-hydrogen) atoms. The van der Waals surface area contributed by atoms with Crippen LogP contribution < -0.4 is 5.32 Å². The highest BCUT2D eigenvalue weighted by Crippen LogP contribution is 2.26. The van der Waals surface area contributed by atoms with Crippen LogP contribution in [0.3, 0.4) is 0 Å². The summed E-state index contributed by atoms with van der Waals surface area (Å²) in [5.41, 5.74) is 4.09. The monoisotopic (exact) mass is 384 g/mol. The fourth-order valence-electron chi connectivity index (χ4n) is 2.76. The minimum Gasteiger partial charge on any atom is -0.300 e. The number of nitrogens with one attached hydrogen (secondary N) is 1. The van der Waals surface area contributed by atoms with E-state index in [0.717, 1.165) is 27.1 Å². The van der Waals surface area contributed by atoms with Crippen molar-refractivity contribution in [2.75, 3.05) is 11.1 Å². The zero-order chi connectivity index (χ0) is 18.3. The Bertz CT molecular complexity index is 1130. The normalized spacial score (nSPS) is 11.3. The first-order valence-electron chi connectivity index (χ1n) is 7.99. The van der Waals surface area contributed by atoms with E-state index in [1.807, 2.05) is 18.2 Å². The average molecular weight is 384 g/mol. The van der Waals surface area contributed by atoms with E-state index in [0.29, 0.717) is 10.3 Å². The van der Waals surface area contributed by atoms with Crippen molar-refractivity contribution < 1.29 is 4.79 Å². The Kier molecular flexibility index (Phi) is 4.33. The molecule has 0 fully saturated rings. The smallest absolute Gasteiger partial charge is 0.236 e. The maximum absolute atomic E-state index is 12.2. The lowest BCUT2D eigenvalue weighted by molar-refractivity contribution is -0.113. The van der Waals surface area contributed by atoms with Gasteiger partial charge in [-0.05, 0) is 49.9 Å². The Labute approximate surface area is 157 Å². The average Bonchev–Trinajstić information content (AvgIpc) is 3.19. The van der Waals surface area contributed by atoms with Gasteiger partial charge in [0.05, 0.1) is 11.3 Å². The highest BCUT2D eigenvalue weighted by molar-refractivity contribution is 7.99. The Morgan fingerprint density at radius 2 is 2.00 bits per heavy atom. The molecule has 1 amide bonds. The second-order valence-electron chi connectivity index (χ2n) is 5.99. The van der Waals surface area contributed by atoms with Gasteiger partial charge in [0.1, 0.15) is 5.01 Å². The largest absolute Gasteiger partial charge is 0.300 e. The molecule has 0 saturated heterocycles. The number of nitrogens with zero attached hydrogens (tertiary/aromatic N) is 5. The standard InChI is InChI=1S/C17H16N6OS2/c1-9-4-5-13-12(6-9)7-10(2)15-20-22-17(23(13)15)25-8-14(24)18-16-21-19-11(3)26-16/h4-7H,8H2,1-3H3,(H,18,21,24). The van der Waals surface area contributed by atoms with Crippen LogP contribution in [0.5, 0.6) is 0 Å². The van der Waals surface area contributed by atoms with E-state index in [4.69, 9.17) is 0 Å². The lowest BCUT2D eigenvalue weighted by Crippen LogP contribution is -2.14. The number of hydrogen-bond donors (Lipinski definition) is 1. The summed E-state index contributed by atoms with van der Waals surface area (Å²) < 4.78 is 2.01. The predicted molar refractivity (Wildman–Crippen MR) is 104 cm³/mol. The molecular formula is C17H16N6OS2. The first kappa shape index (κ1) is 16.9. The van der Waals surface area contributed by atoms with Gasteiger partial charge in [-0.25, -0.2) is 0 Å². The number of anilines is 1. The van der Waals surface area contributed by atoms with Crippen molar-refractivity contribution in [2.24, 2.45) is 0 Å². The summed E-state index contributed by atoms with van der Waals surface area (Å²) >= 11 is 2.70. The molecule has 0 saturated carbocycles.